The summed E-state index contributed by atoms with van der Waals surface area (Å²) >= 11 is 5.95. The van der Waals surface area contributed by atoms with E-state index in [1.54, 1.807) is 48.3 Å². The monoisotopic (exact) mass is 459 g/mol. The number of sulfonamides is 1. The van der Waals surface area contributed by atoms with Crippen LogP contribution in [0.3, 0.4) is 0 Å². The molecule has 6 nitrogen and oxygen atoms in total. The molecular weight excluding hydrogens is 443 g/mol. The Bertz CT molecular complexity index is 1110. The lowest BCUT2D eigenvalue weighted by Crippen LogP contribution is -2.33. The molecule has 1 heterocycles. The smallest absolute Gasteiger partial charge is 0.406 e. The third kappa shape index (κ3) is 4.77. The zero-order valence-corrected chi connectivity index (χ0v) is 17.4. The molecule has 30 heavy (non-hydrogen) atoms. The molecule has 3 rings (SSSR count). The molecule has 1 aromatic heterocycles. The molecule has 1 atom stereocenters. The zero-order chi connectivity index (χ0) is 22.1. The first-order valence-corrected chi connectivity index (χ1v) is 10.4. The first kappa shape index (κ1) is 22.1. The average Bonchev–Trinajstić information content (AvgIpc) is 3.08. The van der Waals surface area contributed by atoms with E-state index in [4.69, 9.17) is 11.6 Å². The minimum atomic E-state index is -4.87. The van der Waals surface area contributed by atoms with Crippen LogP contribution in [-0.2, 0) is 17.1 Å². The van der Waals surface area contributed by atoms with Crippen LogP contribution >= 0.6 is 11.6 Å². The molecule has 3 aromatic rings. The molecule has 0 aliphatic heterocycles. The molecule has 0 fully saturated rings. The quantitative estimate of drug-likeness (QED) is 0.548. The number of alkyl halides is 3. The molecule has 0 aliphatic carbocycles. The lowest BCUT2D eigenvalue weighted by atomic mass is 10.1. The Morgan fingerprint density at radius 1 is 1.10 bits per heavy atom. The van der Waals surface area contributed by atoms with Gasteiger partial charge in [0.15, 0.2) is 0 Å². The molecule has 0 saturated heterocycles. The second-order valence-corrected chi connectivity index (χ2v) is 8.82. The van der Waals surface area contributed by atoms with E-state index >= 15 is 0 Å². The first-order chi connectivity index (χ1) is 14.0. The summed E-state index contributed by atoms with van der Waals surface area (Å²) < 4.78 is 70.1. The van der Waals surface area contributed by atoms with Gasteiger partial charge in [-0.15, -0.1) is 13.2 Å². The highest BCUT2D eigenvalue weighted by atomic mass is 35.5. The normalized spacial score (nSPS) is 13.4. The largest absolute Gasteiger partial charge is 0.573 e. The van der Waals surface area contributed by atoms with Crippen molar-refractivity contribution >= 4 is 21.6 Å². The van der Waals surface area contributed by atoms with E-state index in [1.165, 1.54) is 7.05 Å². The highest BCUT2D eigenvalue weighted by molar-refractivity contribution is 7.89. The van der Waals surface area contributed by atoms with Gasteiger partial charge in [-0.2, -0.15) is 4.31 Å². The Hall–Kier alpha value is -2.56. The minimum Gasteiger partial charge on any atom is -0.406 e. The number of aromatic nitrogens is 2. The first-order valence-electron chi connectivity index (χ1n) is 8.55. The number of imidazole rings is 1. The van der Waals surface area contributed by atoms with Gasteiger partial charge in [0.05, 0.1) is 4.90 Å². The van der Waals surface area contributed by atoms with Crippen molar-refractivity contribution in [2.75, 3.05) is 7.05 Å². The summed E-state index contributed by atoms with van der Waals surface area (Å²) in [6.45, 7) is 0. The van der Waals surface area contributed by atoms with Crippen LogP contribution in [0.5, 0.6) is 5.75 Å². The molecule has 0 N–H and O–H groups in total. The van der Waals surface area contributed by atoms with Crippen molar-refractivity contribution in [1.29, 1.82) is 0 Å². The number of aryl methyl sites for hydroxylation is 1. The maximum absolute atomic E-state index is 13.2. The molecule has 0 amide bonds. The van der Waals surface area contributed by atoms with Crippen molar-refractivity contribution in [3.05, 3.63) is 77.3 Å². The fourth-order valence-electron chi connectivity index (χ4n) is 2.93. The van der Waals surface area contributed by atoms with Crippen LogP contribution < -0.4 is 4.74 Å². The number of hydrogen-bond acceptors (Lipinski definition) is 4. The number of halogens is 4. The summed E-state index contributed by atoms with van der Waals surface area (Å²) in [6, 6.07) is 9.88. The van der Waals surface area contributed by atoms with Crippen LogP contribution in [0.1, 0.15) is 17.4 Å². The standard InChI is InChI=1S/C19H17ClF3N3O3S/c1-25-12-11-24-18(25)17(13-3-5-14(20)6-4-13)26(2)30(27,28)16-9-7-15(8-10-16)29-19(21,22)23/h3-12,17H,1-2H3/t17-/m0/s1. The summed E-state index contributed by atoms with van der Waals surface area (Å²) in [5, 5.41) is 0.489. The Labute approximate surface area is 176 Å². The summed E-state index contributed by atoms with van der Waals surface area (Å²) in [6.07, 6.45) is -1.64. The van der Waals surface area contributed by atoms with Crippen LogP contribution in [0.25, 0.3) is 0 Å². The van der Waals surface area contributed by atoms with Gasteiger partial charge >= 0.3 is 6.36 Å². The lowest BCUT2D eigenvalue weighted by molar-refractivity contribution is -0.274. The van der Waals surface area contributed by atoms with Gasteiger partial charge in [-0.3, -0.25) is 0 Å². The highest BCUT2D eigenvalue weighted by Crippen LogP contribution is 2.32. The van der Waals surface area contributed by atoms with E-state index in [0.717, 1.165) is 28.6 Å². The molecule has 0 unspecified atom stereocenters. The van der Waals surface area contributed by atoms with Crippen molar-refractivity contribution in [3.8, 4) is 5.75 Å². The van der Waals surface area contributed by atoms with Crippen LogP contribution in [-0.4, -0.2) is 35.7 Å². The minimum absolute atomic E-state index is 0.187. The van der Waals surface area contributed by atoms with E-state index in [9.17, 15) is 21.6 Å². The molecule has 2 aromatic carbocycles. The molecule has 0 radical (unpaired) electrons. The van der Waals surface area contributed by atoms with E-state index < -0.39 is 28.2 Å². The van der Waals surface area contributed by atoms with Crippen molar-refractivity contribution in [2.45, 2.75) is 17.3 Å². The Morgan fingerprint density at radius 2 is 1.70 bits per heavy atom. The summed E-state index contributed by atoms with van der Waals surface area (Å²) in [4.78, 5) is 4.09. The number of rotatable bonds is 6. The van der Waals surface area contributed by atoms with Gasteiger partial charge in [0, 0.05) is 31.5 Å². The summed E-state index contributed by atoms with van der Waals surface area (Å²) in [5.74, 6) is -0.0529. The van der Waals surface area contributed by atoms with Gasteiger partial charge in [-0.25, -0.2) is 13.4 Å². The fraction of sp³-hybridized carbons (Fsp3) is 0.211. The molecule has 11 heteroatoms. The molecular formula is C19H17ClF3N3O3S. The number of benzene rings is 2. The second-order valence-electron chi connectivity index (χ2n) is 6.39. The van der Waals surface area contributed by atoms with E-state index in [-0.39, 0.29) is 4.90 Å². The molecule has 0 aliphatic rings. The predicted molar refractivity (Wildman–Crippen MR) is 105 cm³/mol. The van der Waals surface area contributed by atoms with Gasteiger partial charge in [-0.1, -0.05) is 23.7 Å². The Balaban J connectivity index is 2.00. The summed E-state index contributed by atoms with van der Waals surface area (Å²) in [7, 11) is -0.980. The van der Waals surface area contributed by atoms with Gasteiger partial charge in [0.2, 0.25) is 10.0 Å². The third-order valence-corrected chi connectivity index (χ3v) is 6.48. The van der Waals surface area contributed by atoms with E-state index in [1.807, 2.05) is 0 Å². The third-order valence-electron chi connectivity index (χ3n) is 4.39. The van der Waals surface area contributed by atoms with Crippen molar-refractivity contribution in [2.24, 2.45) is 7.05 Å². The Morgan fingerprint density at radius 3 is 2.20 bits per heavy atom. The maximum Gasteiger partial charge on any atom is 0.573 e. The summed E-state index contributed by atoms with van der Waals surface area (Å²) in [5.41, 5.74) is 0.622. The zero-order valence-electron chi connectivity index (χ0n) is 15.8. The fourth-order valence-corrected chi connectivity index (χ4v) is 4.36. The average molecular weight is 460 g/mol. The van der Waals surface area contributed by atoms with Gasteiger partial charge in [-0.05, 0) is 42.0 Å². The van der Waals surface area contributed by atoms with Crippen LogP contribution in [0.2, 0.25) is 5.02 Å². The predicted octanol–water partition coefficient (Wildman–Crippen LogP) is 4.38. The van der Waals surface area contributed by atoms with Gasteiger partial charge in [0.1, 0.15) is 17.6 Å². The maximum atomic E-state index is 13.2. The molecule has 0 spiro atoms. The van der Waals surface area contributed by atoms with Gasteiger partial charge in [0.25, 0.3) is 0 Å². The topological polar surface area (TPSA) is 64.4 Å². The van der Waals surface area contributed by atoms with Crippen LogP contribution in [0.4, 0.5) is 13.2 Å². The molecule has 0 bridgehead atoms. The Kier molecular flexibility index (Phi) is 6.11. The lowest BCUT2D eigenvalue weighted by Gasteiger charge is -2.27. The number of hydrogen-bond donors (Lipinski definition) is 0. The van der Waals surface area contributed by atoms with Crippen molar-refractivity contribution in [3.63, 3.8) is 0 Å². The van der Waals surface area contributed by atoms with E-state index in [2.05, 4.69) is 9.72 Å². The molecule has 0 saturated carbocycles. The highest BCUT2D eigenvalue weighted by Gasteiger charge is 2.34. The SMILES string of the molecule is CN([C@@H](c1ccc(Cl)cc1)c1nccn1C)S(=O)(=O)c1ccc(OC(F)(F)F)cc1. The second kappa shape index (κ2) is 8.29. The number of ether oxygens (including phenoxy) is 1. The van der Waals surface area contributed by atoms with Gasteiger partial charge < -0.3 is 9.30 Å². The molecule has 160 valence electrons. The van der Waals surface area contributed by atoms with E-state index in [0.29, 0.717) is 16.4 Å². The van der Waals surface area contributed by atoms with Crippen molar-refractivity contribution < 1.29 is 26.3 Å². The van der Waals surface area contributed by atoms with Crippen molar-refractivity contribution in [1.82, 2.24) is 13.9 Å². The van der Waals surface area contributed by atoms with Crippen LogP contribution in [0.15, 0.2) is 65.8 Å². The number of nitrogens with zero attached hydrogens (tertiary/aromatic N) is 3. The van der Waals surface area contributed by atoms with Crippen LogP contribution in [0, 0.1) is 0 Å².